The molecule has 9 aromatic rings. The van der Waals surface area contributed by atoms with Crippen molar-refractivity contribution in [3.8, 4) is 22.6 Å². The molecule has 59 heavy (non-hydrogen) atoms. The molecule has 0 aromatic heterocycles. The molecule has 0 radical (unpaired) electrons. The predicted octanol–water partition coefficient (Wildman–Crippen LogP) is 15.2. The lowest BCUT2D eigenvalue weighted by atomic mass is 9.67. The van der Waals surface area contributed by atoms with E-state index in [2.05, 4.69) is 240 Å². The van der Waals surface area contributed by atoms with Gasteiger partial charge in [0.1, 0.15) is 11.5 Å². The average molecular weight is 775 g/mol. The van der Waals surface area contributed by atoms with E-state index in [9.17, 15) is 0 Å². The summed E-state index contributed by atoms with van der Waals surface area (Å²) in [5.74, 6) is 1.82. The Bertz CT molecular complexity index is 2710. The Hall–Kier alpha value is -7.27. The van der Waals surface area contributed by atoms with Gasteiger partial charge in [-0.1, -0.05) is 151 Å². The number of hydrogen-bond acceptors (Lipinski definition) is 4. The van der Waals surface area contributed by atoms with Gasteiger partial charge in [0.05, 0.1) is 15.2 Å². The summed E-state index contributed by atoms with van der Waals surface area (Å²) in [7, 11) is 0. The van der Waals surface area contributed by atoms with Crippen LogP contribution in [0.25, 0.3) is 11.1 Å². The van der Waals surface area contributed by atoms with Crippen LogP contribution in [0.5, 0.6) is 11.5 Å². The maximum absolute atomic E-state index is 6.91. The van der Waals surface area contributed by atoms with Crippen LogP contribution >= 0.6 is 11.8 Å². The van der Waals surface area contributed by atoms with Crippen molar-refractivity contribution >= 4 is 45.9 Å². The van der Waals surface area contributed by atoms with Gasteiger partial charge in [-0.15, -0.1) is 0 Å². The fraction of sp³-hybridized carbons (Fsp3) is 0.0182. The van der Waals surface area contributed by atoms with Crippen LogP contribution in [0.15, 0.2) is 240 Å². The van der Waals surface area contributed by atoms with Crippen molar-refractivity contribution in [1.29, 1.82) is 0 Å². The zero-order valence-corrected chi connectivity index (χ0v) is 33.0. The highest BCUT2D eigenvalue weighted by Crippen LogP contribution is 2.62. The maximum atomic E-state index is 6.91. The Morgan fingerprint density at radius 3 is 1.27 bits per heavy atom. The molecule has 1 aliphatic heterocycles. The number of fused-ring (bicyclic) bond motifs is 6. The normalized spacial score (nSPS) is 12.9. The molecule has 0 amide bonds. The van der Waals surface area contributed by atoms with Crippen molar-refractivity contribution in [2.24, 2.45) is 0 Å². The lowest BCUT2D eigenvalue weighted by molar-refractivity contribution is 0.456. The number of nitrogens with zero attached hydrogens (tertiary/aromatic N) is 2. The molecular formula is C55H38N2OS. The van der Waals surface area contributed by atoms with Crippen molar-refractivity contribution < 1.29 is 4.74 Å². The molecule has 2 aliphatic rings. The zero-order chi connectivity index (χ0) is 39.2. The molecule has 280 valence electrons. The third-order valence-corrected chi connectivity index (χ3v) is 12.7. The largest absolute Gasteiger partial charge is 0.454 e. The van der Waals surface area contributed by atoms with E-state index in [4.69, 9.17) is 4.74 Å². The van der Waals surface area contributed by atoms with Crippen LogP contribution in [-0.2, 0) is 5.41 Å². The SMILES string of the molecule is c1ccc(N(c2ccccc2)c2ccc(C3(c4ccc(N(c5ccccc5)c5ccccc5)cc4)c4ccccc4-c4c3ccc3c4Oc4ccccc4S3)cc2)cc1. The number of para-hydroxylation sites is 5. The van der Waals surface area contributed by atoms with Crippen LogP contribution in [0.1, 0.15) is 22.3 Å². The first-order valence-corrected chi connectivity index (χ1v) is 20.8. The summed E-state index contributed by atoms with van der Waals surface area (Å²) in [5.41, 5.74) is 13.1. The topological polar surface area (TPSA) is 15.7 Å². The Morgan fingerprint density at radius 1 is 0.339 bits per heavy atom. The first kappa shape index (κ1) is 34.9. The van der Waals surface area contributed by atoms with E-state index in [1.54, 1.807) is 11.8 Å². The minimum Gasteiger partial charge on any atom is -0.454 e. The van der Waals surface area contributed by atoms with Gasteiger partial charge in [0.25, 0.3) is 0 Å². The highest BCUT2D eigenvalue weighted by molar-refractivity contribution is 7.99. The Balaban J connectivity index is 1.12. The summed E-state index contributed by atoms with van der Waals surface area (Å²) in [4.78, 5) is 6.90. The Labute approximate surface area is 349 Å². The van der Waals surface area contributed by atoms with Gasteiger partial charge in [0.2, 0.25) is 0 Å². The van der Waals surface area contributed by atoms with Crippen molar-refractivity contribution in [2.45, 2.75) is 15.2 Å². The summed E-state index contributed by atoms with van der Waals surface area (Å²) >= 11 is 1.78. The lowest BCUT2D eigenvalue weighted by Gasteiger charge is -2.35. The van der Waals surface area contributed by atoms with Gasteiger partial charge in [-0.2, -0.15) is 0 Å². The number of benzene rings is 9. The molecule has 0 unspecified atom stereocenters. The lowest BCUT2D eigenvalue weighted by Crippen LogP contribution is -2.28. The van der Waals surface area contributed by atoms with E-state index in [-0.39, 0.29) is 0 Å². The van der Waals surface area contributed by atoms with Gasteiger partial charge < -0.3 is 14.5 Å². The summed E-state index contributed by atoms with van der Waals surface area (Å²) in [6.07, 6.45) is 0. The zero-order valence-electron chi connectivity index (χ0n) is 32.2. The molecule has 0 atom stereocenters. The number of ether oxygens (including phenoxy) is 1. The number of hydrogen-bond donors (Lipinski definition) is 0. The van der Waals surface area contributed by atoms with Crippen LogP contribution < -0.4 is 14.5 Å². The third-order valence-electron chi connectivity index (χ3n) is 11.6. The van der Waals surface area contributed by atoms with E-state index >= 15 is 0 Å². The number of rotatable bonds is 8. The average Bonchev–Trinajstić information content (AvgIpc) is 3.62. The first-order chi connectivity index (χ1) is 29.3. The molecule has 0 N–H and O–H groups in total. The predicted molar refractivity (Wildman–Crippen MR) is 244 cm³/mol. The molecule has 9 aromatic carbocycles. The van der Waals surface area contributed by atoms with Crippen LogP contribution in [-0.4, -0.2) is 0 Å². The molecule has 1 heterocycles. The van der Waals surface area contributed by atoms with Crippen LogP contribution in [0.2, 0.25) is 0 Å². The van der Waals surface area contributed by atoms with E-state index in [0.29, 0.717) is 0 Å². The summed E-state index contributed by atoms with van der Waals surface area (Å²) < 4.78 is 6.91. The highest BCUT2D eigenvalue weighted by atomic mass is 32.2. The van der Waals surface area contributed by atoms with Gasteiger partial charge in [-0.05, 0) is 119 Å². The van der Waals surface area contributed by atoms with Gasteiger partial charge in [-0.25, -0.2) is 0 Å². The maximum Gasteiger partial charge on any atom is 0.149 e. The molecule has 11 rings (SSSR count). The first-order valence-electron chi connectivity index (χ1n) is 20.0. The minimum atomic E-state index is -0.641. The molecule has 3 nitrogen and oxygen atoms in total. The minimum absolute atomic E-state index is 0.641. The van der Waals surface area contributed by atoms with Gasteiger partial charge in [0.15, 0.2) is 0 Å². The molecule has 0 saturated carbocycles. The van der Waals surface area contributed by atoms with E-state index in [0.717, 1.165) is 61.0 Å². The molecule has 0 spiro atoms. The quantitative estimate of drug-likeness (QED) is 0.153. The molecule has 0 saturated heterocycles. The fourth-order valence-electron chi connectivity index (χ4n) is 9.06. The van der Waals surface area contributed by atoms with Crippen LogP contribution in [0.3, 0.4) is 0 Å². The van der Waals surface area contributed by atoms with Crippen molar-refractivity contribution in [2.75, 3.05) is 9.80 Å². The standard InChI is InChI=1S/C55H38N2OS/c1-5-17-41(18-6-1)56(42-19-7-2-8-20-42)45-33-29-39(30-34-45)55(40-31-35-46(36-32-40)57(43-21-9-3-10-22-43)44-23-11-4-12-24-44)48-26-14-13-25-47(48)53-49(55)37-38-52-54(53)58-50-27-15-16-28-51(50)59-52/h1-38H. The van der Waals surface area contributed by atoms with E-state index < -0.39 is 5.41 Å². The van der Waals surface area contributed by atoms with Crippen LogP contribution in [0.4, 0.5) is 34.1 Å². The number of anilines is 6. The second kappa shape index (κ2) is 14.6. The Morgan fingerprint density at radius 2 is 0.763 bits per heavy atom. The molecular weight excluding hydrogens is 737 g/mol. The highest BCUT2D eigenvalue weighted by Gasteiger charge is 2.48. The third kappa shape index (κ3) is 5.83. The van der Waals surface area contributed by atoms with E-state index in [1.807, 2.05) is 0 Å². The smallest absolute Gasteiger partial charge is 0.149 e. The summed E-state index contributed by atoms with van der Waals surface area (Å²) in [5, 5.41) is 0. The molecule has 0 fully saturated rings. The van der Waals surface area contributed by atoms with Crippen molar-refractivity contribution in [3.63, 3.8) is 0 Å². The van der Waals surface area contributed by atoms with Gasteiger partial charge >= 0.3 is 0 Å². The van der Waals surface area contributed by atoms with Crippen molar-refractivity contribution in [1.82, 2.24) is 0 Å². The van der Waals surface area contributed by atoms with Gasteiger partial charge in [0, 0.05) is 39.7 Å². The van der Waals surface area contributed by atoms with E-state index in [1.165, 1.54) is 27.8 Å². The van der Waals surface area contributed by atoms with Crippen LogP contribution in [0, 0.1) is 0 Å². The molecule has 0 bridgehead atoms. The van der Waals surface area contributed by atoms with Gasteiger partial charge in [-0.3, -0.25) is 0 Å². The monoisotopic (exact) mass is 774 g/mol. The molecule has 1 aliphatic carbocycles. The molecule has 4 heteroatoms. The van der Waals surface area contributed by atoms with Crippen molar-refractivity contribution in [3.05, 3.63) is 253 Å². The Kier molecular flexibility index (Phi) is 8.64. The summed E-state index contributed by atoms with van der Waals surface area (Å²) in [6, 6.07) is 82.7. The second-order valence-electron chi connectivity index (χ2n) is 14.9. The summed E-state index contributed by atoms with van der Waals surface area (Å²) in [6.45, 7) is 0. The fourth-order valence-corrected chi connectivity index (χ4v) is 10.0. The second-order valence-corrected chi connectivity index (χ2v) is 16.0.